The molecule has 3 nitrogen and oxygen atoms in total. The molecule has 0 aliphatic heterocycles. The second kappa shape index (κ2) is 3.79. The zero-order valence-corrected chi connectivity index (χ0v) is 10.0. The van der Waals surface area contributed by atoms with Gasteiger partial charge in [0.25, 0.3) is 0 Å². The molecule has 0 saturated carbocycles. The number of hydrogen-bond acceptors (Lipinski definition) is 3. The molecule has 80 valence electrons. The van der Waals surface area contributed by atoms with E-state index >= 15 is 0 Å². The van der Waals surface area contributed by atoms with Gasteiger partial charge in [-0.25, -0.2) is 0 Å². The van der Waals surface area contributed by atoms with E-state index < -0.39 is 0 Å². The number of nitrogens with two attached hydrogens (primary N) is 1. The molecule has 0 amide bonds. The molecule has 15 heavy (non-hydrogen) atoms. The molecule has 0 aliphatic carbocycles. The minimum atomic E-state index is 0.112. The Balaban J connectivity index is 2.41. The fraction of sp³-hybridized carbons (Fsp3) is 0.364. The van der Waals surface area contributed by atoms with Crippen molar-refractivity contribution in [2.45, 2.75) is 19.9 Å². The summed E-state index contributed by atoms with van der Waals surface area (Å²) in [6.07, 6.45) is 2.05. The summed E-state index contributed by atoms with van der Waals surface area (Å²) < 4.78 is 1.84. The van der Waals surface area contributed by atoms with Gasteiger partial charge in [-0.05, 0) is 26.0 Å². The number of rotatable bonds is 2. The summed E-state index contributed by atoms with van der Waals surface area (Å²) in [6.45, 7) is 4.03. The van der Waals surface area contributed by atoms with E-state index in [2.05, 4.69) is 17.2 Å². The van der Waals surface area contributed by atoms with E-state index in [9.17, 15) is 0 Å². The predicted octanol–water partition coefficient (Wildman–Crippen LogP) is 2.48. The van der Waals surface area contributed by atoms with Crippen molar-refractivity contribution in [3.8, 4) is 10.4 Å². The van der Waals surface area contributed by atoms with Crippen LogP contribution in [0.1, 0.15) is 23.5 Å². The standard InChI is InChI=1S/C11H15N3S/c1-7(12)10-4-5-11(15-10)9-6-14(3)13-8(9)2/h4-7H,12H2,1-3H3. The van der Waals surface area contributed by atoms with Gasteiger partial charge in [0.1, 0.15) is 0 Å². The average Bonchev–Trinajstić information content (AvgIpc) is 2.71. The minimum Gasteiger partial charge on any atom is -0.324 e. The zero-order chi connectivity index (χ0) is 11.0. The molecule has 0 aromatic carbocycles. The Morgan fingerprint density at radius 2 is 2.20 bits per heavy atom. The summed E-state index contributed by atoms with van der Waals surface area (Å²) in [4.78, 5) is 2.46. The van der Waals surface area contributed by atoms with Crippen LogP contribution in [-0.4, -0.2) is 9.78 Å². The third-order valence-corrected chi connectivity index (χ3v) is 3.67. The van der Waals surface area contributed by atoms with E-state index in [1.807, 2.05) is 31.8 Å². The third-order valence-electron chi connectivity index (χ3n) is 2.35. The van der Waals surface area contributed by atoms with E-state index in [1.165, 1.54) is 15.3 Å². The van der Waals surface area contributed by atoms with Crippen LogP contribution in [0.25, 0.3) is 10.4 Å². The minimum absolute atomic E-state index is 0.112. The highest BCUT2D eigenvalue weighted by atomic mass is 32.1. The Labute approximate surface area is 93.5 Å². The summed E-state index contributed by atoms with van der Waals surface area (Å²) >= 11 is 1.74. The highest BCUT2D eigenvalue weighted by molar-refractivity contribution is 7.15. The van der Waals surface area contributed by atoms with Gasteiger partial charge in [0.2, 0.25) is 0 Å². The average molecular weight is 221 g/mol. The second-order valence-electron chi connectivity index (χ2n) is 3.79. The van der Waals surface area contributed by atoms with Crippen molar-refractivity contribution in [3.05, 3.63) is 28.9 Å². The smallest absolute Gasteiger partial charge is 0.0680 e. The lowest BCUT2D eigenvalue weighted by Crippen LogP contribution is -2.01. The molecule has 0 radical (unpaired) electrons. The lowest BCUT2D eigenvalue weighted by molar-refractivity contribution is 0.756. The molecule has 4 heteroatoms. The first-order chi connectivity index (χ1) is 7.08. The van der Waals surface area contributed by atoms with Crippen molar-refractivity contribution in [2.24, 2.45) is 12.8 Å². The van der Waals surface area contributed by atoms with Crippen LogP contribution in [0, 0.1) is 6.92 Å². The van der Waals surface area contributed by atoms with Gasteiger partial charge in [-0.3, -0.25) is 4.68 Å². The van der Waals surface area contributed by atoms with E-state index in [4.69, 9.17) is 5.73 Å². The Bertz CT molecular complexity index is 468. The summed E-state index contributed by atoms with van der Waals surface area (Å²) in [6, 6.07) is 4.32. The van der Waals surface area contributed by atoms with Crippen molar-refractivity contribution in [3.63, 3.8) is 0 Å². The van der Waals surface area contributed by atoms with Crippen molar-refractivity contribution in [1.29, 1.82) is 0 Å². The van der Waals surface area contributed by atoms with Crippen LogP contribution in [0.3, 0.4) is 0 Å². The van der Waals surface area contributed by atoms with Crippen LogP contribution in [-0.2, 0) is 7.05 Å². The van der Waals surface area contributed by atoms with Gasteiger partial charge in [-0.15, -0.1) is 11.3 Å². The third kappa shape index (κ3) is 1.96. The van der Waals surface area contributed by atoms with Crippen LogP contribution in [0.15, 0.2) is 18.3 Å². The number of hydrogen-bond donors (Lipinski definition) is 1. The first-order valence-electron chi connectivity index (χ1n) is 4.94. The van der Waals surface area contributed by atoms with Crippen molar-refractivity contribution < 1.29 is 0 Å². The van der Waals surface area contributed by atoms with Crippen LogP contribution in [0.2, 0.25) is 0 Å². The largest absolute Gasteiger partial charge is 0.324 e. The summed E-state index contributed by atoms with van der Waals surface area (Å²) in [5.74, 6) is 0. The Kier molecular flexibility index (Phi) is 2.63. The number of aryl methyl sites for hydroxylation is 2. The van der Waals surface area contributed by atoms with Crippen LogP contribution < -0.4 is 5.73 Å². The molecule has 2 heterocycles. The summed E-state index contributed by atoms with van der Waals surface area (Å²) in [5, 5.41) is 4.33. The zero-order valence-electron chi connectivity index (χ0n) is 9.19. The predicted molar refractivity (Wildman–Crippen MR) is 63.9 cm³/mol. The van der Waals surface area contributed by atoms with Crippen molar-refractivity contribution in [2.75, 3.05) is 0 Å². The quantitative estimate of drug-likeness (QED) is 0.846. The van der Waals surface area contributed by atoms with E-state index in [0.29, 0.717) is 0 Å². The Morgan fingerprint density at radius 1 is 1.47 bits per heavy atom. The maximum Gasteiger partial charge on any atom is 0.0680 e. The van der Waals surface area contributed by atoms with Crippen LogP contribution in [0.5, 0.6) is 0 Å². The van der Waals surface area contributed by atoms with Crippen LogP contribution >= 0.6 is 11.3 Å². The van der Waals surface area contributed by atoms with E-state index in [0.717, 1.165) is 5.69 Å². The summed E-state index contributed by atoms with van der Waals surface area (Å²) in [7, 11) is 1.94. The SMILES string of the molecule is Cc1nn(C)cc1-c1ccc(C(C)N)s1. The molecule has 0 fully saturated rings. The summed E-state index contributed by atoms with van der Waals surface area (Å²) in [5.41, 5.74) is 8.11. The molecule has 2 aromatic rings. The lowest BCUT2D eigenvalue weighted by atomic mass is 10.2. The lowest BCUT2D eigenvalue weighted by Gasteiger charge is -1.98. The molecular formula is C11H15N3S. The van der Waals surface area contributed by atoms with Crippen molar-refractivity contribution >= 4 is 11.3 Å². The van der Waals surface area contributed by atoms with Gasteiger partial charge in [0.15, 0.2) is 0 Å². The van der Waals surface area contributed by atoms with Gasteiger partial charge in [0.05, 0.1) is 5.69 Å². The molecule has 0 aliphatic rings. The normalized spacial score (nSPS) is 13.1. The molecule has 1 unspecified atom stereocenters. The molecule has 1 atom stereocenters. The monoisotopic (exact) mass is 221 g/mol. The highest BCUT2D eigenvalue weighted by Crippen LogP contribution is 2.31. The molecule has 0 bridgehead atoms. The maximum atomic E-state index is 5.84. The Morgan fingerprint density at radius 3 is 2.67 bits per heavy atom. The highest BCUT2D eigenvalue weighted by Gasteiger charge is 2.10. The van der Waals surface area contributed by atoms with Gasteiger partial charge < -0.3 is 5.73 Å². The molecule has 2 aromatic heterocycles. The second-order valence-corrected chi connectivity index (χ2v) is 4.91. The fourth-order valence-electron chi connectivity index (χ4n) is 1.58. The number of aromatic nitrogens is 2. The van der Waals surface area contributed by atoms with Gasteiger partial charge in [-0.1, -0.05) is 0 Å². The van der Waals surface area contributed by atoms with Gasteiger partial charge in [-0.2, -0.15) is 5.10 Å². The fourth-order valence-corrected chi connectivity index (χ4v) is 2.61. The molecule has 0 spiro atoms. The topological polar surface area (TPSA) is 43.8 Å². The van der Waals surface area contributed by atoms with Gasteiger partial charge >= 0.3 is 0 Å². The van der Waals surface area contributed by atoms with Crippen LogP contribution in [0.4, 0.5) is 0 Å². The maximum absolute atomic E-state index is 5.84. The molecule has 2 rings (SSSR count). The molecular weight excluding hydrogens is 206 g/mol. The number of nitrogens with zero attached hydrogens (tertiary/aromatic N) is 2. The first-order valence-corrected chi connectivity index (χ1v) is 5.75. The first kappa shape index (κ1) is 10.4. The number of thiophene rings is 1. The Hall–Kier alpha value is -1.13. The van der Waals surface area contributed by atoms with Crippen molar-refractivity contribution in [1.82, 2.24) is 9.78 Å². The van der Waals surface area contributed by atoms with E-state index in [1.54, 1.807) is 11.3 Å². The molecule has 0 saturated heterocycles. The van der Waals surface area contributed by atoms with E-state index in [-0.39, 0.29) is 6.04 Å². The van der Waals surface area contributed by atoms with Gasteiger partial charge in [0, 0.05) is 34.6 Å². The molecule has 2 N–H and O–H groups in total.